The van der Waals surface area contributed by atoms with Crippen molar-refractivity contribution in [3.05, 3.63) is 11.9 Å². The van der Waals surface area contributed by atoms with Crippen LogP contribution in [0.25, 0.3) is 0 Å². The number of anilines is 2. The van der Waals surface area contributed by atoms with Crippen molar-refractivity contribution in [3.8, 4) is 0 Å². The fourth-order valence-corrected chi connectivity index (χ4v) is 2.73. The molecule has 0 aliphatic heterocycles. The zero-order valence-corrected chi connectivity index (χ0v) is 11.7. The van der Waals surface area contributed by atoms with Gasteiger partial charge in [0.25, 0.3) is 0 Å². The molecule has 0 aromatic carbocycles. The number of nitrogens with zero attached hydrogens (tertiary/aromatic N) is 2. The summed E-state index contributed by atoms with van der Waals surface area (Å²) in [6, 6.07) is 0. The molecular formula is C14H24N4. The van der Waals surface area contributed by atoms with E-state index in [0.29, 0.717) is 0 Å². The van der Waals surface area contributed by atoms with Gasteiger partial charge in [0.1, 0.15) is 18.0 Å². The van der Waals surface area contributed by atoms with E-state index in [1.54, 1.807) is 6.33 Å². The van der Waals surface area contributed by atoms with Gasteiger partial charge >= 0.3 is 0 Å². The first-order valence-electron chi connectivity index (χ1n) is 7.01. The van der Waals surface area contributed by atoms with Crippen LogP contribution < -0.4 is 10.6 Å². The van der Waals surface area contributed by atoms with Gasteiger partial charge in [-0.2, -0.15) is 0 Å². The lowest BCUT2D eigenvalue weighted by Gasteiger charge is -2.18. The van der Waals surface area contributed by atoms with Gasteiger partial charge in [0.2, 0.25) is 0 Å². The summed E-state index contributed by atoms with van der Waals surface area (Å²) in [5, 5.41) is 6.75. The van der Waals surface area contributed by atoms with E-state index < -0.39 is 0 Å². The molecule has 2 rings (SSSR count). The topological polar surface area (TPSA) is 49.8 Å². The third-order valence-corrected chi connectivity index (χ3v) is 4.00. The predicted molar refractivity (Wildman–Crippen MR) is 75.9 cm³/mol. The first-order chi connectivity index (χ1) is 8.72. The van der Waals surface area contributed by atoms with Crippen molar-refractivity contribution in [2.24, 2.45) is 11.8 Å². The summed E-state index contributed by atoms with van der Waals surface area (Å²) >= 11 is 0. The van der Waals surface area contributed by atoms with E-state index in [2.05, 4.69) is 41.4 Å². The van der Waals surface area contributed by atoms with Crippen LogP contribution in [0.15, 0.2) is 6.33 Å². The molecule has 0 bridgehead atoms. The summed E-state index contributed by atoms with van der Waals surface area (Å²) in [6.07, 6.45) is 5.72. The van der Waals surface area contributed by atoms with Crippen molar-refractivity contribution in [2.75, 3.05) is 23.7 Å². The summed E-state index contributed by atoms with van der Waals surface area (Å²) in [6.45, 7) is 8.42. The second kappa shape index (κ2) is 6.03. The van der Waals surface area contributed by atoms with Gasteiger partial charge in [-0.05, 0) is 32.1 Å². The lowest BCUT2D eigenvalue weighted by molar-refractivity contribution is 0.439. The Kier molecular flexibility index (Phi) is 4.39. The van der Waals surface area contributed by atoms with Crippen LogP contribution in [0.2, 0.25) is 0 Å². The molecule has 1 aromatic rings. The van der Waals surface area contributed by atoms with Crippen LogP contribution in [0.5, 0.6) is 0 Å². The van der Waals surface area contributed by atoms with Crippen molar-refractivity contribution >= 4 is 11.6 Å². The van der Waals surface area contributed by atoms with Crippen LogP contribution in [0.1, 0.15) is 38.7 Å². The normalized spacial score (nSPS) is 23.1. The number of nitrogens with one attached hydrogen (secondary N) is 2. The van der Waals surface area contributed by atoms with Crippen molar-refractivity contribution in [3.63, 3.8) is 0 Å². The van der Waals surface area contributed by atoms with Gasteiger partial charge in [-0.15, -0.1) is 0 Å². The van der Waals surface area contributed by atoms with Gasteiger partial charge in [-0.1, -0.05) is 19.8 Å². The van der Waals surface area contributed by atoms with E-state index >= 15 is 0 Å². The number of hydrogen-bond acceptors (Lipinski definition) is 4. The number of aromatic nitrogens is 2. The molecule has 4 nitrogen and oxygen atoms in total. The molecule has 0 amide bonds. The molecule has 2 unspecified atom stereocenters. The van der Waals surface area contributed by atoms with E-state index in [-0.39, 0.29) is 0 Å². The Morgan fingerprint density at radius 2 is 1.94 bits per heavy atom. The SMILES string of the molecule is CCNc1ncnc(NCC2CCCC2C)c1C. The van der Waals surface area contributed by atoms with Crippen molar-refractivity contribution < 1.29 is 0 Å². The van der Waals surface area contributed by atoms with E-state index in [9.17, 15) is 0 Å². The summed E-state index contributed by atoms with van der Waals surface area (Å²) in [7, 11) is 0. The van der Waals surface area contributed by atoms with E-state index in [1.807, 2.05) is 0 Å². The van der Waals surface area contributed by atoms with Gasteiger partial charge in [-0.25, -0.2) is 9.97 Å². The lowest BCUT2D eigenvalue weighted by atomic mass is 9.98. The average molecular weight is 248 g/mol. The molecule has 1 aliphatic carbocycles. The second-order valence-corrected chi connectivity index (χ2v) is 5.28. The maximum absolute atomic E-state index is 4.34. The van der Waals surface area contributed by atoms with E-state index in [4.69, 9.17) is 0 Å². The smallest absolute Gasteiger partial charge is 0.134 e. The molecule has 1 aliphatic rings. The zero-order chi connectivity index (χ0) is 13.0. The minimum atomic E-state index is 0.793. The Bertz CT molecular complexity index is 391. The van der Waals surface area contributed by atoms with Crippen LogP contribution in [0.4, 0.5) is 11.6 Å². The Hall–Kier alpha value is -1.32. The molecule has 0 radical (unpaired) electrons. The Labute approximate surface area is 110 Å². The average Bonchev–Trinajstić information content (AvgIpc) is 2.76. The van der Waals surface area contributed by atoms with Crippen LogP contribution in [-0.4, -0.2) is 23.1 Å². The Morgan fingerprint density at radius 3 is 2.56 bits per heavy atom. The number of hydrogen-bond donors (Lipinski definition) is 2. The molecule has 2 N–H and O–H groups in total. The molecule has 4 heteroatoms. The van der Waals surface area contributed by atoms with Gasteiger partial charge in [0.05, 0.1) is 0 Å². The maximum Gasteiger partial charge on any atom is 0.134 e. The summed E-state index contributed by atoms with van der Waals surface area (Å²) in [5.74, 6) is 3.55. The highest BCUT2D eigenvalue weighted by Crippen LogP contribution is 2.31. The maximum atomic E-state index is 4.34. The number of rotatable bonds is 5. The van der Waals surface area contributed by atoms with Gasteiger partial charge in [0, 0.05) is 18.7 Å². The Morgan fingerprint density at radius 1 is 1.22 bits per heavy atom. The fourth-order valence-electron chi connectivity index (χ4n) is 2.73. The van der Waals surface area contributed by atoms with Crippen LogP contribution >= 0.6 is 0 Å². The van der Waals surface area contributed by atoms with Gasteiger partial charge in [0.15, 0.2) is 0 Å². The molecule has 1 heterocycles. The lowest BCUT2D eigenvalue weighted by Crippen LogP contribution is -2.18. The molecular weight excluding hydrogens is 224 g/mol. The minimum Gasteiger partial charge on any atom is -0.370 e. The van der Waals surface area contributed by atoms with Crippen LogP contribution in [0, 0.1) is 18.8 Å². The third kappa shape index (κ3) is 2.92. The standard InChI is InChI=1S/C14H24N4/c1-4-15-13-11(3)14(18-9-17-13)16-8-12-7-5-6-10(12)2/h9-10,12H,4-8H2,1-3H3,(H2,15,16,17,18). The van der Waals surface area contributed by atoms with Crippen molar-refractivity contribution in [1.29, 1.82) is 0 Å². The molecule has 0 spiro atoms. The minimum absolute atomic E-state index is 0.793. The second-order valence-electron chi connectivity index (χ2n) is 5.28. The molecule has 18 heavy (non-hydrogen) atoms. The summed E-state index contributed by atoms with van der Waals surface area (Å²) in [4.78, 5) is 8.61. The molecule has 1 aromatic heterocycles. The molecule has 0 saturated heterocycles. The predicted octanol–water partition coefficient (Wildman–Crippen LogP) is 3.06. The quantitative estimate of drug-likeness (QED) is 0.841. The highest BCUT2D eigenvalue weighted by molar-refractivity contribution is 5.56. The van der Waals surface area contributed by atoms with E-state index in [0.717, 1.165) is 42.1 Å². The highest BCUT2D eigenvalue weighted by atomic mass is 15.1. The molecule has 2 atom stereocenters. The molecule has 1 saturated carbocycles. The molecule has 100 valence electrons. The molecule has 1 fully saturated rings. The van der Waals surface area contributed by atoms with Crippen LogP contribution in [0.3, 0.4) is 0 Å². The summed E-state index contributed by atoms with van der Waals surface area (Å²) < 4.78 is 0. The van der Waals surface area contributed by atoms with Crippen molar-refractivity contribution in [1.82, 2.24) is 9.97 Å². The fraction of sp³-hybridized carbons (Fsp3) is 0.714. The van der Waals surface area contributed by atoms with Crippen molar-refractivity contribution in [2.45, 2.75) is 40.0 Å². The third-order valence-electron chi connectivity index (χ3n) is 4.00. The summed E-state index contributed by atoms with van der Waals surface area (Å²) in [5.41, 5.74) is 1.12. The van der Waals surface area contributed by atoms with Gasteiger partial charge < -0.3 is 10.6 Å². The first-order valence-corrected chi connectivity index (χ1v) is 7.01. The zero-order valence-electron chi connectivity index (χ0n) is 11.7. The van der Waals surface area contributed by atoms with Gasteiger partial charge in [-0.3, -0.25) is 0 Å². The highest BCUT2D eigenvalue weighted by Gasteiger charge is 2.23. The monoisotopic (exact) mass is 248 g/mol. The largest absolute Gasteiger partial charge is 0.370 e. The first kappa shape index (κ1) is 13.1. The Balaban J connectivity index is 1.98. The van der Waals surface area contributed by atoms with E-state index in [1.165, 1.54) is 19.3 Å². The van der Waals surface area contributed by atoms with Crippen LogP contribution in [-0.2, 0) is 0 Å².